The average Bonchev–Trinajstić information content (AvgIpc) is 2.88. The summed E-state index contributed by atoms with van der Waals surface area (Å²) >= 11 is 6.51. The van der Waals surface area contributed by atoms with Crippen LogP contribution in [0.15, 0.2) is 29.2 Å². The van der Waals surface area contributed by atoms with Crippen LogP contribution in [0.2, 0.25) is 0 Å². The Balaban J connectivity index is 1.94. The number of benzene rings is 1. The molecule has 0 saturated carbocycles. The fourth-order valence-electron chi connectivity index (χ4n) is 2.80. The topological polar surface area (TPSA) is 104 Å². The van der Waals surface area contributed by atoms with Crippen LogP contribution in [0.25, 0.3) is 6.08 Å². The third kappa shape index (κ3) is 6.84. The number of hydrogen-bond donors (Lipinski definition) is 2. The molecular weight excluding hydrogens is 426 g/mol. The van der Waals surface area contributed by atoms with Crippen molar-refractivity contribution in [3.8, 4) is 5.75 Å². The molecule has 1 aromatic rings. The van der Waals surface area contributed by atoms with Crippen molar-refractivity contribution in [1.82, 2.24) is 4.90 Å². The van der Waals surface area contributed by atoms with Gasteiger partial charge in [0.2, 0.25) is 0 Å². The molecule has 0 unspecified atom stereocenters. The van der Waals surface area contributed by atoms with E-state index in [4.69, 9.17) is 27.2 Å². The SMILES string of the molecule is CC(C)(C)Oc1ccc(C=C2SC(=S)N(CCCCC(C(=O)O)C(=O)O)C2=O)cc1. The lowest BCUT2D eigenvalue weighted by Crippen LogP contribution is -2.29. The number of ether oxygens (including phenoxy) is 1. The van der Waals surface area contributed by atoms with E-state index in [9.17, 15) is 14.4 Å². The van der Waals surface area contributed by atoms with Gasteiger partial charge in [-0.15, -0.1) is 0 Å². The van der Waals surface area contributed by atoms with Crippen LogP contribution in [0.5, 0.6) is 5.75 Å². The minimum absolute atomic E-state index is 0.0122. The monoisotopic (exact) mass is 451 g/mol. The minimum atomic E-state index is -1.43. The number of carboxylic acids is 2. The molecular formula is C21H25NO6S2. The molecule has 30 heavy (non-hydrogen) atoms. The number of thiocarbonyl (C=S) groups is 1. The molecule has 1 aliphatic heterocycles. The maximum Gasteiger partial charge on any atom is 0.317 e. The zero-order valence-corrected chi connectivity index (χ0v) is 18.7. The molecule has 7 nitrogen and oxygen atoms in total. The first kappa shape index (κ1) is 23.9. The fourth-order valence-corrected chi connectivity index (χ4v) is 4.11. The first-order valence-electron chi connectivity index (χ1n) is 9.48. The third-order valence-corrected chi connectivity index (χ3v) is 5.57. The molecule has 162 valence electrons. The molecule has 0 aliphatic carbocycles. The van der Waals surface area contributed by atoms with Gasteiger partial charge >= 0.3 is 11.9 Å². The molecule has 0 spiro atoms. The molecule has 9 heteroatoms. The Labute approximate surface area is 185 Å². The molecule has 0 radical (unpaired) electrons. The van der Waals surface area contributed by atoms with Crippen molar-refractivity contribution in [2.45, 2.75) is 45.6 Å². The van der Waals surface area contributed by atoms with Crippen molar-refractivity contribution in [3.63, 3.8) is 0 Å². The highest BCUT2D eigenvalue weighted by molar-refractivity contribution is 8.26. The number of carbonyl (C=O) groups is 3. The van der Waals surface area contributed by atoms with E-state index in [0.717, 1.165) is 11.3 Å². The van der Waals surface area contributed by atoms with Crippen LogP contribution in [0.4, 0.5) is 0 Å². The molecule has 0 bridgehead atoms. The molecule has 1 amide bonds. The summed E-state index contributed by atoms with van der Waals surface area (Å²) in [6, 6.07) is 7.43. The van der Waals surface area contributed by atoms with E-state index in [-0.39, 0.29) is 17.9 Å². The minimum Gasteiger partial charge on any atom is -0.488 e. The smallest absolute Gasteiger partial charge is 0.317 e. The largest absolute Gasteiger partial charge is 0.488 e. The summed E-state index contributed by atoms with van der Waals surface area (Å²) in [5.74, 6) is -3.59. The van der Waals surface area contributed by atoms with E-state index in [2.05, 4.69) is 0 Å². The maximum absolute atomic E-state index is 12.7. The Kier molecular flexibility index (Phi) is 8.03. The first-order valence-corrected chi connectivity index (χ1v) is 10.7. The van der Waals surface area contributed by atoms with Crippen LogP contribution in [-0.4, -0.2) is 49.4 Å². The lowest BCUT2D eigenvalue weighted by molar-refractivity contribution is -0.154. The van der Waals surface area contributed by atoms with E-state index >= 15 is 0 Å². The average molecular weight is 452 g/mol. The number of hydrogen-bond acceptors (Lipinski definition) is 6. The highest BCUT2D eigenvalue weighted by Crippen LogP contribution is 2.33. The number of carbonyl (C=O) groups excluding carboxylic acids is 1. The molecule has 2 rings (SSSR count). The van der Waals surface area contributed by atoms with E-state index in [1.807, 2.05) is 45.0 Å². The summed E-state index contributed by atoms with van der Waals surface area (Å²) < 4.78 is 6.22. The number of carboxylic acid groups (broad SMARTS) is 2. The molecule has 1 saturated heterocycles. The predicted molar refractivity (Wildman–Crippen MR) is 119 cm³/mol. The molecule has 1 aromatic carbocycles. The van der Waals surface area contributed by atoms with Crippen LogP contribution in [-0.2, 0) is 14.4 Å². The molecule has 2 N–H and O–H groups in total. The van der Waals surface area contributed by atoms with Gasteiger partial charge in [0, 0.05) is 6.54 Å². The lowest BCUT2D eigenvalue weighted by atomic mass is 10.0. The van der Waals surface area contributed by atoms with Crippen LogP contribution >= 0.6 is 24.0 Å². The normalized spacial score (nSPS) is 15.9. The van der Waals surface area contributed by atoms with Crippen LogP contribution in [0.3, 0.4) is 0 Å². The van der Waals surface area contributed by atoms with E-state index in [1.54, 1.807) is 6.08 Å². The molecule has 0 atom stereocenters. The van der Waals surface area contributed by atoms with Gasteiger partial charge in [-0.2, -0.15) is 0 Å². The quantitative estimate of drug-likeness (QED) is 0.251. The highest BCUT2D eigenvalue weighted by atomic mass is 32.2. The summed E-state index contributed by atoms with van der Waals surface area (Å²) in [7, 11) is 0. The van der Waals surface area contributed by atoms with Gasteiger partial charge < -0.3 is 14.9 Å². The highest BCUT2D eigenvalue weighted by Gasteiger charge is 2.32. The second kappa shape index (κ2) is 10.1. The van der Waals surface area contributed by atoms with Crippen molar-refractivity contribution in [1.29, 1.82) is 0 Å². The third-order valence-electron chi connectivity index (χ3n) is 4.20. The summed E-state index contributed by atoms with van der Waals surface area (Å²) in [5.41, 5.74) is 0.557. The number of unbranched alkanes of at least 4 members (excludes halogenated alkanes) is 1. The molecule has 1 heterocycles. The second-order valence-corrected chi connectivity index (χ2v) is 9.52. The van der Waals surface area contributed by atoms with E-state index in [1.165, 1.54) is 16.7 Å². The molecule has 0 aromatic heterocycles. The number of rotatable bonds is 9. The van der Waals surface area contributed by atoms with Gasteiger partial charge in [0.05, 0.1) is 4.91 Å². The standard InChI is InChI=1S/C21H25NO6S2/c1-21(2,3)28-14-9-7-13(8-10-14)12-16-17(23)22(20(29)30-16)11-5-4-6-15(18(24)25)19(26)27/h7-10,12,15H,4-6,11H2,1-3H3,(H,24,25)(H,26,27). The Morgan fingerprint density at radius 3 is 2.30 bits per heavy atom. The van der Waals surface area contributed by atoms with Crippen molar-refractivity contribution in [2.24, 2.45) is 5.92 Å². The Hall–Kier alpha value is -2.39. The van der Waals surface area contributed by atoms with Gasteiger partial charge in [-0.05, 0) is 57.4 Å². The zero-order valence-electron chi connectivity index (χ0n) is 17.1. The van der Waals surface area contributed by atoms with Crippen molar-refractivity contribution in [2.75, 3.05) is 6.54 Å². The Morgan fingerprint density at radius 2 is 1.77 bits per heavy atom. The lowest BCUT2D eigenvalue weighted by Gasteiger charge is -2.21. The van der Waals surface area contributed by atoms with Gasteiger partial charge in [0.15, 0.2) is 5.92 Å². The van der Waals surface area contributed by atoms with E-state index in [0.29, 0.717) is 28.6 Å². The van der Waals surface area contributed by atoms with Crippen molar-refractivity contribution in [3.05, 3.63) is 34.7 Å². The maximum atomic E-state index is 12.7. The van der Waals surface area contributed by atoms with Gasteiger partial charge in [0.1, 0.15) is 15.7 Å². The summed E-state index contributed by atoms with van der Waals surface area (Å²) in [6.07, 6.45) is 2.62. The van der Waals surface area contributed by atoms with Gasteiger partial charge in [-0.3, -0.25) is 19.3 Å². The van der Waals surface area contributed by atoms with Crippen molar-refractivity contribution < 1.29 is 29.3 Å². The van der Waals surface area contributed by atoms with E-state index < -0.39 is 17.9 Å². The van der Waals surface area contributed by atoms with Crippen LogP contribution < -0.4 is 4.74 Å². The number of amides is 1. The van der Waals surface area contributed by atoms with Gasteiger partial charge in [-0.25, -0.2) is 0 Å². The summed E-state index contributed by atoms with van der Waals surface area (Å²) in [5, 5.41) is 17.8. The molecule has 1 aliphatic rings. The molecule has 1 fully saturated rings. The second-order valence-electron chi connectivity index (χ2n) is 7.84. The number of thioether (sulfide) groups is 1. The predicted octanol–water partition coefficient (Wildman–Crippen LogP) is 4.02. The number of aliphatic carboxylic acids is 2. The Morgan fingerprint density at radius 1 is 1.17 bits per heavy atom. The van der Waals surface area contributed by atoms with Gasteiger partial charge in [0.25, 0.3) is 5.91 Å². The number of nitrogens with zero attached hydrogens (tertiary/aromatic N) is 1. The van der Waals surface area contributed by atoms with Crippen LogP contribution in [0.1, 0.15) is 45.6 Å². The van der Waals surface area contributed by atoms with Crippen LogP contribution in [0, 0.1) is 5.92 Å². The summed E-state index contributed by atoms with van der Waals surface area (Å²) in [4.78, 5) is 36.5. The Bertz CT molecular complexity index is 843. The van der Waals surface area contributed by atoms with Crippen molar-refractivity contribution >= 4 is 52.2 Å². The summed E-state index contributed by atoms with van der Waals surface area (Å²) in [6.45, 7) is 6.23. The first-order chi connectivity index (χ1) is 14.0. The van der Waals surface area contributed by atoms with Gasteiger partial charge in [-0.1, -0.05) is 42.5 Å². The zero-order chi connectivity index (χ0) is 22.5. The fraction of sp³-hybridized carbons (Fsp3) is 0.429.